The van der Waals surface area contributed by atoms with Gasteiger partial charge in [0.25, 0.3) is 0 Å². The molecular weight excluding hydrogens is 320 g/mol. The first kappa shape index (κ1) is 17.6. The molecular formula is C17H26N6O2. The molecule has 25 heavy (non-hydrogen) atoms. The molecule has 0 aromatic carbocycles. The second-order valence-corrected chi connectivity index (χ2v) is 7.24. The molecule has 0 saturated heterocycles. The molecule has 136 valence electrons. The topological polar surface area (TPSA) is 89.9 Å². The molecule has 0 radical (unpaired) electrons. The van der Waals surface area contributed by atoms with Crippen LogP contribution in [0.3, 0.4) is 0 Å². The second-order valence-electron chi connectivity index (χ2n) is 7.24. The zero-order chi connectivity index (χ0) is 18.0. The maximum absolute atomic E-state index is 11.3. The Labute approximate surface area is 147 Å². The lowest BCUT2D eigenvalue weighted by Gasteiger charge is -2.19. The van der Waals surface area contributed by atoms with Crippen LogP contribution in [0.4, 0.5) is 0 Å². The van der Waals surface area contributed by atoms with Crippen LogP contribution in [0.5, 0.6) is 0 Å². The monoisotopic (exact) mass is 346 g/mol. The number of aromatic nitrogens is 5. The first-order valence-electron chi connectivity index (χ1n) is 8.89. The third-order valence-corrected chi connectivity index (χ3v) is 4.67. The zero-order valence-electron chi connectivity index (χ0n) is 15.4. The van der Waals surface area contributed by atoms with Crippen molar-refractivity contribution < 1.29 is 9.32 Å². The number of nitrogens with zero attached hydrogens (tertiary/aromatic N) is 6. The number of carbonyl (C=O) groups is 1. The summed E-state index contributed by atoms with van der Waals surface area (Å²) in [6.07, 6.45) is 3.28. The molecule has 1 atom stereocenters. The Morgan fingerprint density at radius 3 is 2.96 bits per heavy atom. The summed E-state index contributed by atoms with van der Waals surface area (Å²) in [6, 6.07) is 0. The maximum Gasteiger partial charge on any atom is 0.230 e. The fourth-order valence-electron chi connectivity index (χ4n) is 3.10. The van der Waals surface area contributed by atoms with E-state index in [1.165, 1.54) is 5.69 Å². The van der Waals surface area contributed by atoms with E-state index < -0.39 is 0 Å². The van der Waals surface area contributed by atoms with Crippen molar-refractivity contribution in [2.75, 3.05) is 13.6 Å². The third kappa shape index (κ3) is 4.05. The van der Waals surface area contributed by atoms with Crippen molar-refractivity contribution in [3.05, 3.63) is 23.1 Å². The number of carbonyl (C=O) groups excluding carboxylic acids is 1. The van der Waals surface area contributed by atoms with Gasteiger partial charge in [-0.15, -0.1) is 5.10 Å². The first-order valence-corrected chi connectivity index (χ1v) is 8.89. The van der Waals surface area contributed by atoms with Crippen LogP contribution >= 0.6 is 0 Å². The van der Waals surface area contributed by atoms with E-state index >= 15 is 0 Å². The molecule has 8 nitrogen and oxygen atoms in total. The highest BCUT2D eigenvalue weighted by molar-refractivity contribution is 5.72. The molecule has 0 spiro atoms. The van der Waals surface area contributed by atoms with Gasteiger partial charge in [-0.1, -0.05) is 24.2 Å². The van der Waals surface area contributed by atoms with E-state index in [0.29, 0.717) is 30.6 Å². The molecule has 2 heterocycles. The van der Waals surface area contributed by atoms with Crippen molar-refractivity contribution in [3.63, 3.8) is 0 Å². The third-order valence-electron chi connectivity index (χ3n) is 4.67. The van der Waals surface area contributed by atoms with Crippen molar-refractivity contribution in [1.82, 2.24) is 30.0 Å². The number of hydrogen-bond donors (Lipinski definition) is 0. The van der Waals surface area contributed by atoms with Gasteiger partial charge in [0.2, 0.25) is 11.8 Å². The van der Waals surface area contributed by atoms with E-state index in [2.05, 4.69) is 34.3 Å². The van der Waals surface area contributed by atoms with Crippen molar-refractivity contribution in [2.24, 2.45) is 5.92 Å². The second kappa shape index (κ2) is 7.33. The quantitative estimate of drug-likeness (QED) is 0.789. The van der Waals surface area contributed by atoms with Crippen molar-refractivity contribution in [2.45, 2.75) is 58.9 Å². The Kier molecular flexibility index (Phi) is 5.15. The summed E-state index contributed by atoms with van der Waals surface area (Å²) in [6.45, 7) is 7.37. The minimum atomic E-state index is 0.0365. The summed E-state index contributed by atoms with van der Waals surface area (Å²) in [5, 5.41) is 12.7. The van der Waals surface area contributed by atoms with Gasteiger partial charge >= 0.3 is 0 Å². The molecule has 1 aliphatic rings. The van der Waals surface area contributed by atoms with Crippen LogP contribution < -0.4 is 0 Å². The van der Waals surface area contributed by atoms with Gasteiger partial charge in [-0.05, 0) is 18.8 Å². The molecule has 2 aromatic heterocycles. The predicted octanol–water partition coefficient (Wildman–Crippen LogP) is 1.61. The van der Waals surface area contributed by atoms with Crippen molar-refractivity contribution >= 4 is 5.91 Å². The molecule has 0 aliphatic heterocycles. The highest BCUT2D eigenvalue weighted by atomic mass is 16.5. The van der Waals surface area contributed by atoms with Crippen LogP contribution in [0.15, 0.2) is 4.52 Å². The average molecular weight is 346 g/mol. The van der Waals surface area contributed by atoms with E-state index in [0.717, 1.165) is 31.5 Å². The van der Waals surface area contributed by atoms with E-state index in [1.54, 1.807) is 18.9 Å². The number of amides is 1. The van der Waals surface area contributed by atoms with Gasteiger partial charge in [0, 0.05) is 45.8 Å². The summed E-state index contributed by atoms with van der Waals surface area (Å²) in [5.41, 5.74) is 2.29. The minimum absolute atomic E-state index is 0.0365. The molecule has 0 N–H and O–H groups in total. The molecule has 0 saturated carbocycles. The van der Waals surface area contributed by atoms with Crippen LogP contribution in [0, 0.1) is 5.92 Å². The Morgan fingerprint density at radius 2 is 2.24 bits per heavy atom. The lowest BCUT2D eigenvalue weighted by atomic mass is 9.89. The Hall–Kier alpha value is -2.25. The summed E-state index contributed by atoms with van der Waals surface area (Å²) in [4.78, 5) is 17.5. The van der Waals surface area contributed by atoms with Crippen LogP contribution in [-0.4, -0.2) is 49.5 Å². The first-order chi connectivity index (χ1) is 11.9. The van der Waals surface area contributed by atoms with Gasteiger partial charge in [0.15, 0.2) is 5.82 Å². The van der Waals surface area contributed by atoms with Crippen LogP contribution in [-0.2, 0) is 30.6 Å². The van der Waals surface area contributed by atoms with Gasteiger partial charge in [-0.3, -0.25) is 4.79 Å². The molecule has 1 aliphatic carbocycles. The number of rotatable bonds is 6. The van der Waals surface area contributed by atoms with E-state index in [1.807, 2.05) is 4.68 Å². The van der Waals surface area contributed by atoms with Crippen LogP contribution in [0.1, 0.15) is 56.2 Å². The maximum atomic E-state index is 11.3. The molecule has 1 amide bonds. The number of aryl methyl sites for hydroxylation is 1. The van der Waals surface area contributed by atoms with Gasteiger partial charge in [0.05, 0.1) is 11.4 Å². The molecule has 2 aromatic rings. The van der Waals surface area contributed by atoms with Gasteiger partial charge < -0.3 is 9.42 Å². The number of hydrogen-bond acceptors (Lipinski definition) is 6. The largest absolute Gasteiger partial charge is 0.346 e. The Bertz CT molecular complexity index is 735. The van der Waals surface area contributed by atoms with Gasteiger partial charge in [-0.25, -0.2) is 4.68 Å². The fraction of sp³-hybridized carbons (Fsp3) is 0.706. The van der Waals surface area contributed by atoms with E-state index in [4.69, 9.17) is 4.52 Å². The Balaban J connectivity index is 1.66. The van der Waals surface area contributed by atoms with E-state index in [-0.39, 0.29) is 11.8 Å². The minimum Gasteiger partial charge on any atom is -0.346 e. The highest BCUT2D eigenvalue weighted by Gasteiger charge is 2.29. The van der Waals surface area contributed by atoms with Gasteiger partial charge in [0.1, 0.15) is 0 Å². The smallest absolute Gasteiger partial charge is 0.230 e. The molecule has 1 unspecified atom stereocenters. The Morgan fingerprint density at radius 1 is 1.44 bits per heavy atom. The summed E-state index contributed by atoms with van der Waals surface area (Å²) >= 11 is 0. The summed E-state index contributed by atoms with van der Waals surface area (Å²) < 4.78 is 7.51. The number of fused-ring (bicyclic) bond motifs is 1. The highest BCUT2D eigenvalue weighted by Crippen LogP contribution is 2.31. The number of likely N-dealkylation sites (N-methyl/N-ethyl adjacent to an activating group) is 1. The molecule has 3 rings (SSSR count). The van der Waals surface area contributed by atoms with Gasteiger partial charge in [-0.2, -0.15) is 4.98 Å². The lowest BCUT2D eigenvalue weighted by molar-refractivity contribution is -0.127. The van der Waals surface area contributed by atoms with E-state index in [9.17, 15) is 4.79 Å². The van der Waals surface area contributed by atoms with Crippen LogP contribution in [0.25, 0.3) is 0 Å². The standard InChI is InChI=1S/C17H26N6O2/c1-11(2)10-23-15-9-13(5-6-14(15)19-21-23)17-18-16(20-25-17)7-8-22(4)12(3)24/h11,13H,5-10H2,1-4H3. The zero-order valence-corrected chi connectivity index (χ0v) is 15.4. The predicted molar refractivity (Wildman–Crippen MR) is 90.9 cm³/mol. The molecule has 0 fully saturated rings. The SMILES string of the molecule is CC(=O)N(C)CCc1noc(C2CCc3nnn(CC(C)C)c3C2)n1. The average Bonchev–Trinajstić information content (AvgIpc) is 3.19. The lowest BCUT2D eigenvalue weighted by Crippen LogP contribution is -2.26. The molecule has 8 heteroatoms. The van der Waals surface area contributed by atoms with Crippen molar-refractivity contribution in [1.29, 1.82) is 0 Å². The van der Waals surface area contributed by atoms with Crippen LogP contribution in [0.2, 0.25) is 0 Å². The summed E-state index contributed by atoms with van der Waals surface area (Å²) in [7, 11) is 1.77. The summed E-state index contributed by atoms with van der Waals surface area (Å²) in [5.74, 6) is 2.11. The normalized spacial score (nSPS) is 16.9. The fourth-order valence-corrected chi connectivity index (χ4v) is 3.10. The molecule has 0 bridgehead atoms. The van der Waals surface area contributed by atoms with Crippen molar-refractivity contribution in [3.8, 4) is 0 Å².